The topological polar surface area (TPSA) is 98.3 Å². The summed E-state index contributed by atoms with van der Waals surface area (Å²) in [5.41, 5.74) is 3.03. The molecule has 1 aromatic heterocycles. The Balaban J connectivity index is 1.41. The van der Waals surface area contributed by atoms with Crippen LogP contribution in [0.5, 0.6) is 11.5 Å². The minimum atomic E-state index is -0.588. The smallest absolute Gasteiger partial charge is 0.267 e. The number of ether oxygens (including phenoxy) is 3. The number of Topliss-reactive ketones (excluding diaryl/α,β-unsaturated/α-hetero) is 1. The van der Waals surface area contributed by atoms with Crippen molar-refractivity contribution in [1.29, 1.82) is 0 Å². The first-order chi connectivity index (χ1) is 17.4. The van der Waals surface area contributed by atoms with Crippen molar-refractivity contribution in [2.45, 2.75) is 19.4 Å². The zero-order chi connectivity index (χ0) is 25.4. The first kappa shape index (κ1) is 24.0. The summed E-state index contributed by atoms with van der Waals surface area (Å²) < 4.78 is 16.4. The number of thiazole rings is 1. The van der Waals surface area contributed by atoms with Gasteiger partial charge in [0.05, 0.1) is 35.2 Å². The molecule has 0 saturated heterocycles. The van der Waals surface area contributed by atoms with E-state index in [0.29, 0.717) is 35.0 Å². The van der Waals surface area contributed by atoms with Gasteiger partial charge in [0.1, 0.15) is 11.5 Å². The molecule has 0 N–H and O–H groups in total. The van der Waals surface area contributed by atoms with E-state index in [-0.39, 0.29) is 30.7 Å². The van der Waals surface area contributed by atoms with Crippen LogP contribution in [0.15, 0.2) is 41.8 Å². The van der Waals surface area contributed by atoms with E-state index < -0.39 is 6.10 Å². The van der Waals surface area contributed by atoms with E-state index in [1.54, 1.807) is 56.7 Å². The number of nitrogens with zero attached hydrogens (tertiary/aromatic N) is 3. The van der Waals surface area contributed by atoms with Crippen molar-refractivity contribution in [3.63, 3.8) is 0 Å². The molecule has 1 atom stereocenters. The second-order valence-corrected chi connectivity index (χ2v) is 9.53. The first-order valence-electron chi connectivity index (χ1n) is 11.5. The lowest BCUT2D eigenvalue weighted by molar-refractivity contribution is -0.125. The fraction of sp³-hybridized carbons (Fsp3) is 0.308. The molecule has 1 unspecified atom stereocenters. The third-order valence-electron chi connectivity index (χ3n) is 6.20. The van der Waals surface area contributed by atoms with Crippen LogP contribution in [-0.4, -0.2) is 62.6 Å². The van der Waals surface area contributed by atoms with Gasteiger partial charge in [-0.3, -0.25) is 19.3 Å². The van der Waals surface area contributed by atoms with Crippen LogP contribution in [0.2, 0.25) is 0 Å². The third-order valence-corrected chi connectivity index (χ3v) is 7.10. The zero-order valence-corrected chi connectivity index (χ0v) is 21.0. The van der Waals surface area contributed by atoms with Crippen molar-refractivity contribution in [1.82, 2.24) is 4.98 Å². The van der Waals surface area contributed by atoms with Crippen LogP contribution in [0.1, 0.15) is 22.3 Å². The lowest BCUT2D eigenvalue weighted by Gasteiger charge is -2.31. The van der Waals surface area contributed by atoms with Crippen LogP contribution in [-0.2, 0) is 20.7 Å². The molecule has 3 aromatic rings. The number of ketones is 1. The van der Waals surface area contributed by atoms with E-state index in [0.717, 1.165) is 22.7 Å². The molecule has 186 valence electrons. The van der Waals surface area contributed by atoms with Gasteiger partial charge in [-0.1, -0.05) is 0 Å². The SMILES string of the molecule is COCCc1nc(-c2ccc3c(c2)N(CC(=O)c2ccc4c(c2)N(C)C(=O)C(C)O4)C(=O)CO3)cs1. The minimum absolute atomic E-state index is 0.148. The lowest BCUT2D eigenvalue weighted by Crippen LogP contribution is -2.43. The molecule has 2 aliphatic heterocycles. The fourth-order valence-corrected chi connectivity index (χ4v) is 4.99. The van der Waals surface area contributed by atoms with Crippen molar-refractivity contribution >= 4 is 40.3 Å². The van der Waals surface area contributed by atoms with Gasteiger partial charge in [0.2, 0.25) is 0 Å². The maximum absolute atomic E-state index is 13.3. The Morgan fingerprint density at radius 3 is 2.78 bits per heavy atom. The number of likely N-dealkylation sites (N-methyl/N-ethyl adjacent to an activating group) is 1. The minimum Gasteiger partial charge on any atom is -0.482 e. The number of methoxy groups -OCH3 is 1. The number of hydrogen-bond donors (Lipinski definition) is 0. The quantitative estimate of drug-likeness (QED) is 0.452. The normalized spacial score (nSPS) is 16.8. The highest BCUT2D eigenvalue weighted by molar-refractivity contribution is 7.09. The summed E-state index contributed by atoms with van der Waals surface area (Å²) in [5.74, 6) is 0.295. The average Bonchev–Trinajstić information content (AvgIpc) is 3.36. The Hall–Kier alpha value is -3.76. The zero-order valence-electron chi connectivity index (χ0n) is 20.1. The van der Waals surface area contributed by atoms with Crippen molar-refractivity contribution < 1.29 is 28.6 Å². The van der Waals surface area contributed by atoms with Crippen LogP contribution in [0.25, 0.3) is 11.3 Å². The fourth-order valence-electron chi connectivity index (χ4n) is 4.20. The highest BCUT2D eigenvalue weighted by Gasteiger charge is 2.31. The largest absolute Gasteiger partial charge is 0.482 e. The van der Waals surface area contributed by atoms with Crippen molar-refractivity contribution in [3.05, 3.63) is 52.3 Å². The first-order valence-corrected chi connectivity index (χ1v) is 12.4. The van der Waals surface area contributed by atoms with Gasteiger partial charge < -0.3 is 19.1 Å². The predicted molar refractivity (Wildman–Crippen MR) is 135 cm³/mol. The van der Waals surface area contributed by atoms with E-state index in [9.17, 15) is 14.4 Å². The summed E-state index contributed by atoms with van der Waals surface area (Å²) in [7, 11) is 3.30. The van der Waals surface area contributed by atoms with E-state index >= 15 is 0 Å². The third kappa shape index (κ3) is 4.45. The predicted octanol–water partition coefficient (Wildman–Crippen LogP) is 3.35. The van der Waals surface area contributed by atoms with E-state index in [1.807, 2.05) is 17.5 Å². The second-order valence-electron chi connectivity index (χ2n) is 8.58. The van der Waals surface area contributed by atoms with Gasteiger partial charge in [-0.2, -0.15) is 0 Å². The molecule has 2 amide bonds. The highest BCUT2D eigenvalue weighted by atomic mass is 32.1. The number of fused-ring (bicyclic) bond motifs is 2. The lowest BCUT2D eigenvalue weighted by atomic mass is 10.1. The molecule has 2 aromatic carbocycles. The highest BCUT2D eigenvalue weighted by Crippen LogP contribution is 2.37. The molecule has 2 aliphatic rings. The van der Waals surface area contributed by atoms with Crippen LogP contribution in [0.3, 0.4) is 0 Å². The maximum Gasteiger partial charge on any atom is 0.267 e. The number of aromatic nitrogens is 1. The monoisotopic (exact) mass is 507 g/mol. The van der Waals surface area contributed by atoms with Gasteiger partial charge >= 0.3 is 0 Å². The Morgan fingerprint density at radius 2 is 1.97 bits per heavy atom. The molecule has 9 nitrogen and oxygen atoms in total. The number of carbonyl (C=O) groups excluding carboxylic acids is 3. The Morgan fingerprint density at radius 1 is 1.17 bits per heavy atom. The number of carbonyl (C=O) groups is 3. The maximum atomic E-state index is 13.3. The standard InChI is InChI=1S/C26H25N3O6S/c1-15-26(32)28(2)19-11-17(5-7-23(19)35-15)21(30)12-29-20-10-16(4-6-22(20)34-13-25(29)31)18-14-36-24(27-18)8-9-33-3/h4-7,10-11,14-15H,8-9,12-13H2,1-3H3. The number of rotatable bonds is 7. The number of benzene rings is 2. The molecule has 5 rings (SSSR count). The summed E-state index contributed by atoms with van der Waals surface area (Å²) >= 11 is 1.55. The van der Waals surface area contributed by atoms with Gasteiger partial charge in [-0.15, -0.1) is 11.3 Å². The summed E-state index contributed by atoms with van der Waals surface area (Å²) in [6, 6.07) is 10.5. The molecule has 0 fully saturated rings. The van der Waals surface area contributed by atoms with Crippen molar-refractivity contribution in [3.8, 4) is 22.8 Å². The number of amides is 2. The molecule has 36 heavy (non-hydrogen) atoms. The summed E-state index contributed by atoms with van der Waals surface area (Å²) in [4.78, 5) is 46.0. The molecule has 0 radical (unpaired) electrons. The van der Waals surface area contributed by atoms with Crippen molar-refractivity contribution in [2.24, 2.45) is 0 Å². The van der Waals surface area contributed by atoms with E-state index in [2.05, 4.69) is 4.98 Å². The van der Waals surface area contributed by atoms with Gasteiger partial charge in [-0.05, 0) is 43.3 Å². The van der Waals surface area contributed by atoms with Crippen LogP contribution < -0.4 is 19.3 Å². The summed E-state index contributed by atoms with van der Waals surface area (Å²) in [6.07, 6.45) is 0.134. The van der Waals surface area contributed by atoms with Gasteiger partial charge in [0.25, 0.3) is 11.8 Å². The van der Waals surface area contributed by atoms with Gasteiger partial charge in [0.15, 0.2) is 18.5 Å². The van der Waals surface area contributed by atoms with Crippen molar-refractivity contribution in [2.75, 3.05) is 43.7 Å². The van der Waals surface area contributed by atoms with Crippen LogP contribution in [0, 0.1) is 0 Å². The number of hydrogen-bond acceptors (Lipinski definition) is 8. The van der Waals surface area contributed by atoms with E-state index in [4.69, 9.17) is 14.2 Å². The molecule has 0 saturated carbocycles. The summed E-state index contributed by atoms with van der Waals surface area (Å²) in [6.45, 7) is 1.96. The number of anilines is 2. The Kier molecular flexibility index (Phi) is 6.46. The van der Waals surface area contributed by atoms with Gasteiger partial charge in [0, 0.05) is 37.1 Å². The van der Waals surface area contributed by atoms with E-state index in [1.165, 1.54) is 9.80 Å². The average molecular weight is 508 g/mol. The molecule has 3 heterocycles. The molecule has 0 spiro atoms. The second kappa shape index (κ2) is 9.71. The van der Waals surface area contributed by atoms with Gasteiger partial charge in [-0.25, -0.2) is 4.98 Å². The molecule has 0 aliphatic carbocycles. The molecule has 10 heteroatoms. The Bertz CT molecular complexity index is 1350. The molecule has 0 bridgehead atoms. The van der Waals surface area contributed by atoms with Crippen LogP contribution in [0.4, 0.5) is 11.4 Å². The molecular formula is C26H25N3O6S. The Labute approximate surface area is 212 Å². The summed E-state index contributed by atoms with van der Waals surface area (Å²) in [5, 5.41) is 2.92. The molecular weight excluding hydrogens is 482 g/mol. The van der Waals surface area contributed by atoms with Crippen LogP contribution >= 0.6 is 11.3 Å².